The largest absolute Gasteiger partial charge is 0.492 e. The third kappa shape index (κ3) is 2.59. The molecule has 0 spiro atoms. The van der Waals surface area contributed by atoms with E-state index in [0.717, 1.165) is 0 Å². The van der Waals surface area contributed by atoms with Crippen LogP contribution in [0.2, 0.25) is 0 Å². The van der Waals surface area contributed by atoms with E-state index in [2.05, 4.69) is 10.3 Å². The van der Waals surface area contributed by atoms with E-state index in [9.17, 15) is 14.7 Å². The fourth-order valence-electron chi connectivity index (χ4n) is 1.66. The molecule has 1 atom stereocenters. The zero-order valence-corrected chi connectivity index (χ0v) is 11.2. The molecule has 1 unspecified atom stereocenters. The van der Waals surface area contributed by atoms with Gasteiger partial charge in [0.25, 0.3) is 11.5 Å². The van der Waals surface area contributed by atoms with Crippen LogP contribution in [0.4, 0.5) is 0 Å². The van der Waals surface area contributed by atoms with Crippen LogP contribution in [0.25, 0.3) is 4.96 Å². The van der Waals surface area contributed by atoms with Gasteiger partial charge in [0.15, 0.2) is 10.5 Å². The number of aromatic nitrogens is 2. The number of ether oxygens (including phenoxy) is 1. The van der Waals surface area contributed by atoms with E-state index in [1.165, 1.54) is 29.0 Å². The van der Waals surface area contributed by atoms with Gasteiger partial charge in [-0.05, 0) is 6.92 Å². The third-order valence-corrected chi connectivity index (χ3v) is 3.23. The maximum Gasteiger partial charge on any atom is 0.275 e. The van der Waals surface area contributed by atoms with Crippen molar-refractivity contribution in [3.63, 3.8) is 0 Å². The molecule has 0 aliphatic rings. The van der Waals surface area contributed by atoms with Gasteiger partial charge in [0.1, 0.15) is 0 Å². The lowest BCUT2D eigenvalue weighted by atomic mass is 10.2. The Hall–Kier alpha value is -1.93. The smallest absolute Gasteiger partial charge is 0.275 e. The van der Waals surface area contributed by atoms with Crippen LogP contribution in [0.3, 0.4) is 0 Å². The van der Waals surface area contributed by atoms with Gasteiger partial charge < -0.3 is 15.2 Å². The molecule has 19 heavy (non-hydrogen) atoms. The Balaban J connectivity index is 2.39. The standard InChI is InChI=1S/C11H13N3O4S/c1-6(5-18-2)12-8(15)7-9(16)13-11-14(10(7)17)3-4-19-11/h3-4,6,16H,5H2,1-2H3,(H,12,15). The van der Waals surface area contributed by atoms with Crippen molar-refractivity contribution in [3.05, 3.63) is 27.5 Å². The van der Waals surface area contributed by atoms with E-state index >= 15 is 0 Å². The molecule has 2 aromatic heterocycles. The van der Waals surface area contributed by atoms with Crippen LogP contribution < -0.4 is 10.9 Å². The van der Waals surface area contributed by atoms with Crippen molar-refractivity contribution >= 4 is 22.2 Å². The highest BCUT2D eigenvalue weighted by Gasteiger charge is 2.21. The topological polar surface area (TPSA) is 92.9 Å². The van der Waals surface area contributed by atoms with Crippen LogP contribution >= 0.6 is 11.3 Å². The SMILES string of the molecule is COCC(C)NC(=O)c1c(O)nc2sccn2c1=O. The second kappa shape index (κ2) is 5.37. The van der Waals surface area contributed by atoms with Crippen LogP contribution in [0.15, 0.2) is 16.4 Å². The molecule has 2 rings (SSSR count). The molecule has 2 heterocycles. The molecule has 0 saturated heterocycles. The second-order valence-electron chi connectivity index (χ2n) is 4.00. The summed E-state index contributed by atoms with van der Waals surface area (Å²) in [5, 5.41) is 13.9. The molecule has 1 amide bonds. The Morgan fingerprint density at radius 2 is 2.42 bits per heavy atom. The summed E-state index contributed by atoms with van der Waals surface area (Å²) in [4.78, 5) is 28.2. The summed E-state index contributed by atoms with van der Waals surface area (Å²) < 4.78 is 6.11. The predicted molar refractivity (Wildman–Crippen MR) is 69.8 cm³/mol. The minimum Gasteiger partial charge on any atom is -0.492 e. The minimum absolute atomic E-state index is 0.278. The van der Waals surface area contributed by atoms with Gasteiger partial charge in [0.2, 0.25) is 5.88 Å². The molecule has 0 saturated carbocycles. The summed E-state index contributed by atoms with van der Waals surface area (Å²) in [5.41, 5.74) is -0.954. The van der Waals surface area contributed by atoms with E-state index in [4.69, 9.17) is 4.74 Å². The third-order valence-electron chi connectivity index (χ3n) is 2.47. The summed E-state index contributed by atoms with van der Waals surface area (Å²) in [7, 11) is 1.51. The highest BCUT2D eigenvalue weighted by atomic mass is 32.1. The molecule has 8 heteroatoms. The highest BCUT2D eigenvalue weighted by Crippen LogP contribution is 2.14. The van der Waals surface area contributed by atoms with Crippen molar-refractivity contribution in [1.82, 2.24) is 14.7 Å². The maximum atomic E-state index is 12.1. The molecular formula is C11H13N3O4S. The molecule has 0 aromatic carbocycles. The first kappa shape index (κ1) is 13.5. The minimum atomic E-state index is -0.667. The molecule has 0 radical (unpaired) electrons. The summed E-state index contributed by atoms with van der Waals surface area (Å²) in [6, 6.07) is -0.278. The van der Waals surface area contributed by atoms with Crippen LogP contribution in [-0.4, -0.2) is 40.2 Å². The number of aromatic hydroxyl groups is 1. The van der Waals surface area contributed by atoms with Crippen molar-refractivity contribution in [2.75, 3.05) is 13.7 Å². The van der Waals surface area contributed by atoms with Gasteiger partial charge in [-0.25, -0.2) is 0 Å². The lowest BCUT2D eigenvalue weighted by molar-refractivity contribution is 0.0900. The zero-order chi connectivity index (χ0) is 14.0. The summed E-state index contributed by atoms with van der Waals surface area (Å²) in [6.45, 7) is 2.04. The number of nitrogens with one attached hydrogen (secondary N) is 1. The monoisotopic (exact) mass is 283 g/mol. The van der Waals surface area contributed by atoms with Gasteiger partial charge >= 0.3 is 0 Å². The lowest BCUT2D eigenvalue weighted by Gasteiger charge is -2.12. The molecule has 0 bridgehead atoms. The number of hydrogen-bond acceptors (Lipinski definition) is 6. The number of nitrogens with zero attached hydrogens (tertiary/aromatic N) is 2. The van der Waals surface area contributed by atoms with E-state index in [0.29, 0.717) is 11.6 Å². The van der Waals surface area contributed by atoms with E-state index in [1.54, 1.807) is 12.3 Å². The average Bonchev–Trinajstić information content (AvgIpc) is 2.77. The predicted octanol–water partition coefficient (Wildman–Crippen LogP) is 0.226. The van der Waals surface area contributed by atoms with Gasteiger partial charge in [0, 0.05) is 24.7 Å². The Labute approximate surface area is 112 Å². The number of amides is 1. The molecule has 2 N–H and O–H groups in total. The van der Waals surface area contributed by atoms with Gasteiger partial charge in [-0.15, -0.1) is 11.3 Å². The summed E-state index contributed by atoms with van der Waals surface area (Å²) in [5.74, 6) is -1.23. The highest BCUT2D eigenvalue weighted by molar-refractivity contribution is 7.15. The Morgan fingerprint density at radius 3 is 3.11 bits per heavy atom. The van der Waals surface area contributed by atoms with Gasteiger partial charge in [-0.2, -0.15) is 4.98 Å². The number of carbonyl (C=O) groups excluding carboxylic acids is 1. The number of methoxy groups -OCH3 is 1. The number of carbonyl (C=O) groups is 1. The molecule has 0 aliphatic carbocycles. The van der Waals surface area contributed by atoms with Crippen molar-refractivity contribution in [3.8, 4) is 5.88 Å². The number of fused-ring (bicyclic) bond motifs is 1. The summed E-state index contributed by atoms with van der Waals surface area (Å²) in [6.07, 6.45) is 1.50. The molecule has 2 aromatic rings. The van der Waals surface area contributed by atoms with Crippen LogP contribution in [0.5, 0.6) is 5.88 Å². The van der Waals surface area contributed by atoms with Crippen LogP contribution in [-0.2, 0) is 4.74 Å². The zero-order valence-electron chi connectivity index (χ0n) is 10.4. The number of thiazole rings is 1. The van der Waals surface area contributed by atoms with Crippen molar-refractivity contribution < 1.29 is 14.6 Å². The molecular weight excluding hydrogens is 270 g/mol. The first-order valence-corrected chi connectivity index (χ1v) is 6.41. The van der Waals surface area contributed by atoms with Crippen LogP contribution in [0.1, 0.15) is 17.3 Å². The van der Waals surface area contributed by atoms with Gasteiger partial charge in [0.05, 0.1) is 6.61 Å². The number of hydrogen-bond donors (Lipinski definition) is 2. The van der Waals surface area contributed by atoms with Gasteiger partial charge in [-0.1, -0.05) is 0 Å². The summed E-state index contributed by atoms with van der Waals surface area (Å²) >= 11 is 1.20. The van der Waals surface area contributed by atoms with Gasteiger partial charge in [-0.3, -0.25) is 14.0 Å². The molecule has 0 aliphatic heterocycles. The van der Waals surface area contributed by atoms with E-state index in [1.807, 2.05) is 0 Å². The lowest BCUT2D eigenvalue weighted by Crippen LogP contribution is -2.39. The normalized spacial score (nSPS) is 12.5. The van der Waals surface area contributed by atoms with Crippen molar-refractivity contribution in [2.45, 2.75) is 13.0 Å². The average molecular weight is 283 g/mol. The van der Waals surface area contributed by atoms with Crippen molar-refractivity contribution in [2.24, 2.45) is 0 Å². The second-order valence-corrected chi connectivity index (χ2v) is 4.87. The molecule has 7 nitrogen and oxygen atoms in total. The number of rotatable bonds is 4. The quantitative estimate of drug-likeness (QED) is 0.837. The first-order valence-electron chi connectivity index (χ1n) is 5.53. The maximum absolute atomic E-state index is 12.1. The Bertz CT molecular complexity index is 663. The first-order chi connectivity index (χ1) is 9.04. The fraction of sp³-hybridized carbons (Fsp3) is 0.364. The van der Waals surface area contributed by atoms with E-state index in [-0.39, 0.29) is 11.6 Å². The Morgan fingerprint density at radius 1 is 1.68 bits per heavy atom. The fourth-order valence-corrected chi connectivity index (χ4v) is 2.36. The van der Waals surface area contributed by atoms with E-state index < -0.39 is 17.3 Å². The van der Waals surface area contributed by atoms with Crippen molar-refractivity contribution in [1.29, 1.82) is 0 Å². The molecule has 0 fully saturated rings. The molecule has 102 valence electrons. The Kier molecular flexibility index (Phi) is 3.82. The van der Waals surface area contributed by atoms with Crippen LogP contribution in [0, 0.1) is 0 Å².